The molecule has 0 radical (unpaired) electrons. The second-order valence-electron chi connectivity index (χ2n) is 3.69. The van der Waals surface area contributed by atoms with Crippen molar-refractivity contribution in [3.8, 4) is 0 Å². The lowest BCUT2D eigenvalue weighted by atomic mass is 9.83. The predicted octanol–water partition coefficient (Wildman–Crippen LogP) is 2.03. The van der Waals surface area contributed by atoms with Gasteiger partial charge in [0.15, 0.2) is 0 Å². The minimum atomic E-state index is 0.751. The zero-order valence-corrected chi connectivity index (χ0v) is 7.35. The summed E-state index contributed by atoms with van der Waals surface area (Å²) in [4.78, 5) is 0. The van der Waals surface area contributed by atoms with Gasteiger partial charge in [0.1, 0.15) is 0 Å². The highest BCUT2D eigenvalue weighted by Gasteiger charge is 2.22. The van der Waals surface area contributed by atoms with E-state index in [4.69, 9.17) is 0 Å². The van der Waals surface area contributed by atoms with Crippen LogP contribution in [0.1, 0.15) is 33.6 Å². The second-order valence-corrected chi connectivity index (χ2v) is 3.69. The van der Waals surface area contributed by atoms with Gasteiger partial charge in [0, 0.05) is 6.04 Å². The Morgan fingerprint density at radius 2 is 2.10 bits per heavy atom. The maximum absolute atomic E-state index is 3.50. The zero-order chi connectivity index (χ0) is 7.56. The van der Waals surface area contributed by atoms with Gasteiger partial charge in [-0.05, 0) is 31.7 Å². The molecule has 10 heavy (non-hydrogen) atoms. The highest BCUT2D eigenvalue weighted by atomic mass is 14.9. The molecule has 0 amide bonds. The summed E-state index contributed by atoms with van der Waals surface area (Å²) in [6, 6.07) is 0.751. The molecule has 0 spiro atoms. The van der Waals surface area contributed by atoms with Crippen molar-refractivity contribution in [2.75, 3.05) is 6.54 Å². The largest absolute Gasteiger partial charge is 0.314 e. The molecule has 1 heteroatoms. The highest BCUT2D eigenvalue weighted by Crippen LogP contribution is 2.24. The Balaban J connectivity index is 2.38. The van der Waals surface area contributed by atoms with Crippen LogP contribution in [0.3, 0.4) is 0 Å². The molecular formula is C9H19N. The van der Waals surface area contributed by atoms with Crippen molar-refractivity contribution in [2.24, 2.45) is 11.8 Å². The third kappa shape index (κ3) is 1.72. The Morgan fingerprint density at radius 1 is 1.40 bits per heavy atom. The van der Waals surface area contributed by atoms with Crippen molar-refractivity contribution in [3.63, 3.8) is 0 Å². The number of piperidine rings is 1. The minimum absolute atomic E-state index is 0.751. The van der Waals surface area contributed by atoms with E-state index in [1.165, 1.54) is 19.4 Å². The molecule has 0 saturated carbocycles. The molecule has 0 aromatic heterocycles. The van der Waals surface area contributed by atoms with Crippen molar-refractivity contribution in [2.45, 2.75) is 39.7 Å². The molecule has 3 atom stereocenters. The van der Waals surface area contributed by atoms with Crippen LogP contribution in [-0.2, 0) is 0 Å². The molecule has 60 valence electrons. The average Bonchev–Trinajstić information content (AvgIpc) is 1.94. The SMILES string of the molecule is CCC1CC(C)NCC1C. The quantitative estimate of drug-likeness (QED) is 0.589. The van der Waals surface area contributed by atoms with E-state index in [9.17, 15) is 0 Å². The summed E-state index contributed by atoms with van der Waals surface area (Å²) in [5.74, 6) is 1.86. The van der Waals surface area contributed by atoms with E-state index in [-0.39, 0.29) is 0 Å². The first-order chi connectivity index (χ1) is 4.74. The van der Waals surface area contributed by atoms with Crippen molar-refractivity contribution in [3.05, 3.63) is 0 Å². The fourth-order valence-corrected chi connectivity index (χ4v) is 1.89. The highest BCUT2D eigenvalue weighted by molar-refractivity contribution is 4.78. The van der Waals surface area contributed by atoms with Crippen LogP contribution in [-0.4, -0.2) is 12.6 Å². The summed E-state index contributed by atoms with van der Waals surface area (Å²) in [6.07, 6.45) is 2.73. The van der Waals surface area contributed by atoms with Gasteiger partial charge in [0.05, 0.1) is 0 Å². The van der Waals surface area contributed by atoms with Gasteiger partial charge in [-0.1, -0.05) is 20.3 Å². The normalized spacial score (nSPS) is 41.7. The number of hydrogen-bond donors (Lipinski definition) is 1. The predicted molar refractivity (Wildman–Crippen MR) is 45.0 cm³/mol. The fraction of sp³-hybridized carbons (Fsp3) is 1.00. The van der Waals surface area contributed by atoms with Crippen molar-refractivity contribution >= 4 is 0 Å². The standard InChI is InChI=1S/C9H19N/c1-4-9-5-8(3)10-6-7(9)2/h7-10H,4-6H2,1-3H3. The van der Waals surface area contributed by atoms with E-state index in [0.717, 1.165) is 17.9 Å². The maximum atomic E-state index is 3.50. The van der Waals surface area contributed by atoms with E-state index >= 15 is 0 Å². The molecule has 1 heterocycles. The fourth-order valence-electron chi connectivity index (χ4n) is 1.89. The van der Waals surface area contributed by atoms with E-state index in [1.54, 1.807) is 0 Å². The summed E-state index contributed by atoms with van der Waals surface area (Å²) in [7, 11) is 0. The summed E-state index contributed by atoms with van der Waals surface area (Å²) >= 11 is 0. The van der Waals surface area contributed by atoms with Crippen LogP contribution in [0.25, 0.3) is 0 Å². The molecule has 0 aliphatic carbocycles. The topological polar surface area (TPSA) is 12.0 Å². The Bertz CT molecular complexity index is 101. The summed E-state index contributed by atoms with van der Waals surface area (Å²) in [6.45, 7) is 8.17. The lowest BCUT2D eigenvalue weighted by Gasteiger charge is -2.32. The van der Waals surface area contributed by atoms with Crippen molar-refractivity contribution < 1.29 is 0 Å². The van der Waals surface area contributed by atoms with Gasteiger partial charge < -0.3 is 5.32 Å². The number of hydrogen-bond acceptors (Lipinski definition) is 1. The molecule has 1 aliphatic rings. The molecule has 0 aromatic rings. The Labute approximate surface area is 64.2 Å². The van der Waals surface area contributed by atoms with Crippen LogP contribution in [0.5, 0.6) is 0 Å². The third-order valence-electron chi connectivity index (χ3n) is 2.77. The summed E-state index contributed by atoms with van der Waals surface area (Å²) in [5, 5.41) is 3.50. The van der Waals surface area contributed by atoms with E-state index < -0.39 is 0 Å². The molecule has 1 fully saturated rings. The van der Waals surface area contributed by atoms with Gasteiger partial charge in [-0.25, -0.2) is 0 Å². The molecule has 3 unspecified atom stereocenters. The molecule has 0 aromatic carbocycles. The number of nitrogens with one attached hydrogen (secondary N) is 1. The van der Waals surface area contributed by atoms with E-state index in [0.29, 0.717) is 0 Å². The first-order valence-electron chi connectivity index (χ1n) is 4.47. The monoisotopic (exact) mass is 141 g/mol. The van der Waals surface area contributed by atoms with E-state index in [1.807, 2.05) is 0 Å². The van der Waals surface area contributed by atoms with Crippen LogP contribution >= 0.6 is 0 Å². The van der Waals surface area contributed by atoms with Crippen molar-refractivity contribution in [1.82, 2.24) is 5.32 Å². The van der Waals surface area contributed by atoms with Crippen LogP contribution in [0, 0.1) is 11.8 Å². The van der Waals surface area contributed by atoms with Gasteiger partial charge in [0.25, 0.3) is 0 Å². The van der Waals surface area contributed by atoms with Gasteiger partial charge >= 0.3 is 0 Å². The molecular weight excluding hydrogens is 122 g/mol. The molecule has 0 bridgehead atoms. The van der Waals surface area contributed by atoms with Crippen molar-refractivity contribution in [1.29, 1.82) is 0 Å². The number of rotatable bonds is 1. The van der Waals surface area contributed by atoms with Crippen LogP contribution in [0.2, 0.25) is 0 Å². The molecule has 1 nitrogen and oxygen atoms in total. The second kappa shape index (κ2) is 3.38. The van der Waals surface area contributed by atoms with Gasteiger partial charge in [-0.2, -0.15) is 0 Å². The van der Waals surface area contributed by atoms with Crippen LogP contribution in [0.4, 0.5) is 0 Å². The average molecular weight is 141 g/mol. The molecule has 1 rings (SSSR count). The van der Waals surface area contributed by atoms with Gasteiger partial charge in [-0.15, -0.1) is 0 Å². The van der Waals surface area contributed by atoms with Gasteiger partial charge in [0.2, 0.25) is 0 Å². The first-order valence-corrected chi connectivity index (χ1v) is 4.47. The molecule has 1 saturated heterocycles. The minimum Gasteiger partial charge on any atom is -0.314 e. The maximum Gasteiger partial charge on any atom is 0.00415 e. The van der Waals surface area contributed by atoms with Crippen LogP contribution < -0.4 is 5.32 Å². The van der Waals surface area contributed by atoms with Gasteiger partial charge in [-0.3, -0.25) is 0 Å². The third-order valence-corrected chi connectivity index (χ3v) is 2.77. The molecule has 1 aliphatic heterocycles. The lowest BCUT2D eigenvalue weighted by molar-refractivity contribution is 0.227. The molecule has 1 N–H and O–H groups in total. The smallest absolute Gasteiger partial charge is 0.00415 e. The lowest BCUT2D eigenvalue weighted by Crippen LogP contribution is -2.40. The Morgan fingerprint density at radius 3 is 2.60 bits per heavy atom. The summed E-state index contributed by atoms with van der Waals surface area (Å²) in [5.41, 5.74) is 0. The zero-order valence-electron chi connectivity index (χ0n) is 7.35. The first kappa shape index (κ1) is 8.06. The Kier molecular flexibility index (Phi) is 2.72. The summed E-state index contributed by atoms with van der Waals surface area (Å²) < 4.78 is 0. The van der Waals surface area contributed by atoms with E-state index in [2.05, 4.69) is 26.1 Å². The van der Waals surface area contributed by atoms with Crippen LogP contribution in [0.15, 0.2) is 0 Å². The Hall–Kier alpha value is -0.0400.